The minimum Gasteiger partial charge on any atom is -0.481 e. The van der Waals surface area contributed by atoms with Gasteiger partial charge in [-0.3, -0.25) is 25.4 Å². The first-order chi connectivity index (χ1) is 14.6. The van der Waals surface area contributed by atoms with E-state index in [-0.39, 0.29) is 17.8 Å². The van der Waals surface area contributed by atoms with Crippen molar-refractivity contribution < 1.29 is 34.2 Å². The number of anilines is 1. The maximum Gasteiger partial charge on any atom is 0.326 e. The van der Waals surface area contributed by atoms with Crippen LogP contribution in [0.15, 0.2) is 18.3 Å². The minimum absolute atomic E-state index is 0.153. The number of pyridine rings is 1. The standard InChI is InChI=1S/C16H22N8O7/c17-11-10(13(28)24-15(18)23-11)22-16(31)20-6-1-2-7(19-5-6)12(27)21-8(14(29)30)3-4-9(25)26/h1-2,5,8,10-11,15,23H,3-4,17-18H2,(H,21,27)(H,24,28)(H,25,26)(H,29,30)(H2,20,22,31)/t8-,10?,11?,15?/m0/s1. The van der Waals surface area contributed by atoms with Crippen LogP contribution in [0.2, 0.25) is 0 Å². The van der Waals surface area contributed by atoms with Crippen LogP contribution in [0.5, 0.6) is 0 Å². The number of nitrogens with two attached hydrogens (primary N) is 2. The van der Waals surface area contributed by atoms with Crippen LogP contribution in [-0.2, 0) is 14.4 Å². The van der Waals surface area contributed by atoms with Gasteiger partial charge in [0.2, 0.25) is 5.91 Å². The normalized spacial score (nSPS) is 21.4. The minimum atomic E-state index is -1.40. The van der Waals surface area contributed by atoms with Gasteiger partial charge in [-0.15, -0.1) is 0 Å². The van der Waals surface area contributed by atoms with E-state index in [4.69, 9.17) is 21.7 Å². The highest BCUT2D eigenvalue weighted by molar-refractivity contribution is 5.96. The molecule has 0 bridgehead atoms. The number of carbonyl (C=O) groups is 5. The number of amides is 4. The average Bonchev–Trinajstić information content (AvgIpc) is 2.68. The van der Waals surface area contributed by atoms with E-state index in [1.165, 1.54) is 12.1 Å². The van der Waals surface area contributed by atoms with Gasteiger partial charge in [0.05, 0.1) is 18.1 Å². The third-order valence-electron chi connectivity index (χ3n) is 4.10. The van der Waals surface area contributed by atoms with Crippen LogP contribution in [0.4, 0.5) is 10.5 Å². The number of urea groups is 1. The average molecular weight is 438 g/mol. The first kappa shape index (κ1) is 23.5. The van der Waals surface area contributed by atoms with Crippen molar-refractivity contribution in [1.82, 2.24) is 26.3 Å². The molecule has 1 aromatic heterocycles. The van der Waals surface area contributed by atoms with E-state index in [1.54, 1.807) is 0 Å². The zero-order valence-electron chi connectivity index (χ0n) is 16.0. The predicted molar refractivity (Wildman–Crippen MR) is 103 cm³/mol. The summed E-state index contributed by atoms with van der Waals surface area (Å²) in [4.78, 5) is 61.6. The molecule has 1 aliphatic heterocycles. The van der Waals surface area contributed by atoms with Gasteiger partial charge >= 0.3 is 18.0 Å². The Morgan fingerprint density at radius 1 is 1.19 bits per heavy atom. The van der Waals surface area contributed by atoms with Crippen molar-refractivity contribution in [1.29, 1.82) is 0 Å². The lowest BCUT2D eigenvalue weighted by Gasteiger charge is -2.33. The van der Waals surface area contributed by atoms with E-state index in [9.17, 15) is 24.0 Å². The number of nitrogens with zero attached hydrogens (tertiary/aromatic N) is 1. The highest BCUT2D eigenvalue weighted by atomic mass is 16.4. The number of carboxylic acid groups (broad SMARTS) is 2. The van der Waals surface area contributed by atoms with Crippen molar-refractivity contribution in [3.05, 3.63) is 24.0 Å². The molecule has 168 valence electrons. The first-order valence-corrected chi connectivity index (χ1v) is 8.93. The molecule has 1 aromatic rings. The molecular weight excluding hydrogens is 416 g/mol. The van der Waals surface area contributed by atoms with Crippen LogP contribution in [-0.4, -0.2) is 69.5 Å². The fourth-order valence-corrected chi connectivity index (χ4v) is 2.57. The van der Waals surface area contributed by atoms with Gasteiger partial charge in [-0.1, -0.05) is 0 Å². The second kappa shape index (κ2) is 10.3. The summed E-state index contributed by atoms with van der Waals surface area (Å²) in [5, 5.41) is 29.7. The van der Waals surface area contributed by atoms with Crippen LogP contribution in [0, 0.1) is 0 Å². The molecule has 15 heteroatoms. The Balaban J connectivity index is 1.92. The molecule has 0 aliphatic carbocycles. The molecule has 3 unspecified atom stereocenters. The maximum atomic E-state index is 12.1. The van der Waals surface area contributed by atoms with Gasteiger partial charge < -0.3 is 37.2 Å². The monoisotopic (exact) mass is 438 g/mol. The molecule has 1 fully saturated rings. The van der Waals surface area contributed by atoms with E-state index in [1.807, 2.05) is 0 Å². The van der Waals surface area contributed by atoms with Crippen molar-refractivity contribution in [3.63, 3.8) is 0 Å². The molecule has 15 nitrogen and oxygen atoms in total. The lowest BCUT2D eigenvalue weighted by molar-refractivity contribution is -0.140. The van der Waals surface area contributed by atoms with E-state index < -0.39 is 60.7 Å². The predicted octanol–water partition coefficient (Wildman–Crippen LogP) is -3.13. The van der Waals surface area contributed by atoms with Crippen LogP contribution >= 0.6 is 0 Å². The van der Waals surface area contributed by atoms with Gasteiger partial charge in [0.15, 0.2) is 0 Å². The van der Waals surface area contributed by atoms with Gasteiger partial charge in [-0.2, -0.15) is 0 Å². The molecule has 2 heterocycles. The molecule has 2 rings (SSSR count). The summed E-state index contributed by atoms with van der Waals surface area (Å²) >= 11 is 0. The first-order valence-electron chi connectivity index (χ1n) is 8.93. The van der Waals surface area contributed by atoms with Crippen molar-refractivity contribution in [2.75, 3.05) is 5.32 Å². The zero-order valence-corrected chi connectivity index (χ0v) is 16.0. The number of carboxylic acids is 2. The highest BCUT2D eigenvalue weighted by Gasteiger charge is 2.33. The quantitative estimate of drug-likeness (QED) is 0.196. The highest BCUT2D eigenvalue weighted by Crippen LogP contribution is 2.08. The number of hydrogen-bond acceptors (Lipinski definition) is 9. The number of nitrogens with one attached hydrogen (secondary N) is 5. The van der Waals surface area contributed by atoms with Crippen LogP contribution < -0.4 is 38.1 Å². The maximum absolute atomic E-state index is 12.1. The summed E-state index contributed by atoms with van der Waals surface area (Å²) in [6, 6.07) is -0.714. The zero-order chi connectivity index (χ0) is 23.1. The Kier molecular flexibility index (Phi) is 7.78. The summed E-state index contributed by atoms with van der Waals surface area (Å²) < 4.78 is 0. The molecule has 0 aromatic carbocycles. The van der Waals surface area contributed by atoms with Gasteiger partial charge in [0.1, 0.15) is 24.1 Å². The summed E-state index contributed by atoms with van der Waals surface area (Å²) in [7, 11) is 0. The van der Waals surface area contributed by atoms with Crippen LogP contribution in [0.25, 0.3) is 0 Å². The number of hydrogen-bond donors (Lipinski definition) is 9. The topological polar surface area (TPSA) is 251 Å². The summed E-state index contributed by atoms with van der Waals surface area (Å²) in [6.07, 6.45) is -1.35. The van der Waals surface area contributed by atoms with Crippen LogP contribution in [0.1, 0.15) is 23.3 Å². The van der Waals surface area contributed by atoms with Gasteiger partial charge in [0, 0.05) is 6.42 Å². The molecule has 1 aliphatic rings. The molecule has 31 heavy (non-hydrogen) atoms. The van der Waals surface area contributed by atoms with E-state index in [2.05, 4.69) is 31.6 Å². The Morgan fingerprint density at radius 2 is 1.90 bits per heavy atom. The second-order valence-corrected chi connectivity index (χ2v) is 6.48. The van der Waals surface area contributed by atoms with Gasteiger partial charge in [0.25, 0.3) is 5.91 Å². The number of aromatic nitrogens is 1. The van der Waals surface area contributed by atoms with Crippen molar-refractivity contribution >= 4 is 35.5 Å². The van der Waals surface area contributed by atoms with E-state index in [0.717, 1.165) is 6.20 Å². The third kappa shape index (κ3) is 6.88. The number of aliphatic carboxylic acids is 2. The van der Waals surface area contributed by atoms with E-state index in [0.29, 0.717) is 0 Å². The smallest absolute Gasteiger partial charge is 0.326 e. The number of rotatable bonds is 8. The SMILES string of the molecule is NC1NC(=O)C(NC(=O)Nc2ccc(C(=O)N[C@@H](CCC(=O)O)C(=O)O)nc2)C(N)N1. The Morgan fingerprint density at radius 3 is 2.45 bits per heavy atom. The molecule has 0 saturated carbocycles. The lowest BCUT2D eigenvalue weighted by atomic mass is 10.1. The number of carbonyl (C=O) groups excluding carboxylic acids is 3. The molecule has 4 amide bonds. The van der Waals surface area contributed by atoms with Crippen LogP contribution in [0.3, 0.4) is 0 Å². The van der Waals surface area contributed by atoms with Crippen molar-refractivity contribution in [2.45, 2.75) is 37.4 Å². The fourth-order valence-electron chi connectivity index (χ4n) is 2.57. The Hall–Kier alpha value is -3.82. The summed E-state index contributed by atoms with van der Waals surface area (Å²) in [6.45, 7) is 0. The summed E-state index contributed by atoms with van der Waals surface area (Å²) in [5.41, 5.74) is 11.2. The Bertz CT molecular complexity index is 862. The molecule has 11 N–H and O–H groups in total. The largest absolute Gasteiger partial charge is 0.481 e. The molecular formula is C16H22N8O7. The third-order valence-corrected chi connectivity index (χ3v) is 4.10. The lowest BCUT2D eigenvalue weighted by Crippen LogP contribution is -2.73. The Labute approximate surface area is 174 Å². The molecule has 0 spiro atoms. The molecule has 0 radical (unpaired) electrons. The van der Waals surface area contributed by atoms with Crippen molar-refractivity contribution in [3.8, 4) is 0 Å². The van der Waals surface area contributed by atoms with E-state index >= 15 is 0 Å². The molecule has 4 atom stereocenters. The molecule has 1 saturated heterocycles. The fraction of sp³-hybridized carbons (Fsp3) is 0.375. The second-order valence-electron chi connectivity index (χ2n) is 6.48. The summed E-state index contributed by atoms with van der Waals surface area (Å²) in [5.74, 6) is -3.99. The van der Waals surface area contributed by atoms with Gasteiger partial charge in [-0.05, 0) is 18.6 Å². The van der Waals surface area contributed by atoms with Crippen molar-refractivity contribution in [2.24, 2.45) is 11.5 Å². The van der Waals surface area contributed by atoms with Gasteiger partial charge in [-0.25, -0.2) is 14.6 Å².